The number of carbonyl (C=O) groups is 1. The number of piperidine rings is 1. The summed E-state index contributed by atoms with van der Waals surface area (Å²) >= 11 is 6.13. The van der Waals surface area contributed by atoms with E-state index in [-0.39, 0.29) is 11.8 Å². The Morgan fingerprint density at radius 3 is 2.71 bits per heavy atom. The number of hydrogen-bond donors (Lipinski definition) is 0. The molecule has 4 heterocycles. The van der Waals surface area contributed by atoms with Crippen molar-refractivity contribution in [3.63, 3.8) is 0 Å². The monoisotopic (exact) mass is 488 g/mol. The largest absolute Gasteiger partial charge is 0.347 e. The van der Waals surface area contributed by atoms with Gasteiger partial charge in [0.05, 0.1) is 23.5 Å². The minimum atomic E-state index is 0.124. The zero-order valence-corrected chi connectivity index (χ0v) is 21.0. The van der Waals surface area contributed by atoms with Gasteiger partial charge in [-0.2, -0.15) is 0 Å². The molecule has 1 aromatic carbocycles. The van der Waals surface area contributed by atoms with Crippen LogP contribution in [0.1, 0.15) is 35.8 Å². The van der Waals surface area contributed by atoms with E-state index in [9.17, 15) is 4.79 Å². The molecule has 1 aliphatic heterocycles. The number of anilines is 1. The van der Waals surface area contributed by atoms with Crippen molar-refractivity contribution < 1.29 is 4.79 Å². The number of halogens is 1. The number of pyridine rings is 1. The molecule has 180 valence electrons. The van der Waals surface area contributed by atoms with Crippen molar-refractivity contribution in [1.29, 1.82) is 0 Å². The molecule has 1 amide bonds. The van der Waals surface area contributed by atoms with Crippen LogP contribution in [0.2, 0.25) is 5.02 Å². The summed E-state index contributed by atoms with van der Waals surface area (Å²) in [6, 6.07) is 13.7. The van der Waals surface area contributed by atoms with Crippen LogP contribution in [0, 0.1) is 6.92 Å². The van der Waals surface area contributed by atoms with E-state index in [1.54, 1.807) is 0 Å². The average molecular weight is 489 g/mol. The maximum atomic E-state index is 13.4. The van der Waals surface area contributed by atoms with Crippen LogP contribution in [0.3, 0.4) is 0 Å². The van der Waals surface area contributed by atoms with Gasteiger partial charge in [-0.25, -0.2) is 15.0 Å². The van der Waals surface area contributed by atoms with Gasteiger partial charge in [-0.3, -0.25) is 4.79 Å². The van der Waals surface area contributed by atoms with Crippen LogP contribution in [-0.4, -0.2) is 57.3 Å². The van der Waals surface area contributed by atoms with E-state index < -0.39 is 0 Å². The van der Waals surface area contributed by atoms with Gasteiger partial charge in [-0.05, 0) is 49.6 Å². The fraction of sp³-hybridized carbons (Fsp3) is 0.333. The van der Waals surface area contributed by atoms with Gasteiger partial charge in [-0.15, -0.1) is 0 Å². The Morgan fingerprint density at radius 2 is 1.94 bits per heavy atom. The summed E-state index contributed by atoms with van der Waals surface area (Å²) in [7, 11) is 3.88. The Labute approximate surface area is 210 Å². The molecule has 1 saturated heterocycles. The Bertz CT molecular complexity index is 1360. The van der Waals surface area contributed by atoms with Gasteiger partial charge >= 0.3 is 0 Å². The smallest absolute Gasteiger partial charge is 0.228 e. The van der Waals surface area contributed by atoms with Crippen LogP contribution in [-0.2, 0) is 11.2 Å². The van der Waals surface area contributed by atoms with Crippen molar-refractivity contribution in [2.24, 2.45) is 0 Å². The molecule has 0 unspecified atom stereocenters. The molecule has 5 rings (SSSR count). The Hall–Kier alpha value is -3.45. The molecule has 0 saturated carbocycles. The van der Waals surface area contributed by atoms with E-state index in [0.717, 1.165) is 53.2 Å². The normalized spacial score (nSPS) is 16.0. The predicted molar refractivity (Wildman–Crippen MR) is 139 cm³/mol. The highest BCUT2D eigenvalue weighted by atomic mass is 35.5. The summed E-state index contributed by atoms with van der Waals surface area (Å²) in [5.41, 5.74) is 5.72. The quantitative estimate of drug-likeness (QED) is 0.405. The highest BCUT2D eigenvalue weighted by Crippen LogP contribution is 2.34. The van der Waals surface area contributed by atoms with Gasteiger partial charge in [0, 0.05) is 56.1 Å². The first-order chi connectivity index (χ1) is 16.9. The molecule has 0 spiro atoms. The number of likely N-dealkylation sites (tertiary alicyclic amines) is 1. The zero-order chi connectivity index (χ0) is 24.5. The molecule has 0 N–H and O–H groups in total. The number of aromatic nitrogens is 4. The molecule has 0 aliphatic carbocycles. The summed E-state index contributed by atoms with van der Waals surface area (Å²) < 4.78 is 2.01. The first kappa shape index (κ1) is 23.3. The number of benzene rings is 1. The third-order valence-electron chi connectivity index (χ3n) is 6.67. The van der Waals surface area contributed by atoms with Crippen molar-refractivity contribution in [3.8, 4) is 11.1 Å². The van der Waals surface area contributed by atoms with Crippen LogP contribution < -0.4 is 4.90 Å². The van der Waals surface area contributed by atoms with E-state index in [1.807, 2.05) is 90.1 Å². The summed E-state index contributed by atoms with van der Waals surface area (Å²) in [6.07, 6.45) is 6.11. The standard InChI is InChI=1S/C27H29ClN6O/c1-18-23(34-14-5-4-8-24(34)30-18)15-25(35)33-13-6-7-20(17-33)26-22(16-29-27(31-26)32(2)3)19-9-11-21(28)12-10-19/h4-5,8-12,14,16,20H,6-7,13,15,17H2,1-3H3/t20-/m0/s1. The van der Waals surface area contributed by atoms with E-state index in [0.29, 0.717) is 23.9 Å². The van der Waals surface area contributed by atoms with Gasteiger partial charge in [0.25, 0.3) is 0 Å². The van der Waals surface area contributed by atoms with Crippen molar-refractivity contribution in [2.45, 2.75) is 32.1 Å². The summed E-state index contributed by atoms with van der Waals surface area (Å²) in [6.45, 7) is 3.36. The van der Waals surface area contributed by atoms with Crippen LogP contribution >= 0.6 is 11.6 Å². The van der Waals surface area contributed by atoms with Gasteiger partial charge in [-0.1, -0.05) is 29.8 Å². The van der Waals surface area contributed by atoms with E-state index >= 15 is 0 Å². The molecule has 1 aliphatic rings. The Kier molecular flexibility index (Phi) is 6.43. The average Bonchev–Trinajstić information content (AvgIpc) is 3.19. The first-order valence-corrected chi connectivity index (χ1v) is 12.3. The van der Waals surface area contributed by atoms with Crippen molar-refractivity contribution in [3.05, 3.63) is 77.0 Å². The lowest BCUT2D eigenvalue weighted by Gasteiger charge is -2.33. The summed E-state index contributed by atoms with van der Waals surface area (Å²) in [5.74, 6) is 0.921. The Balaban J connectivity index is 1.43. The molecule has 35 heavy (non-hydrogen) atoms. The molecular weight excluding hydrogens is 460 g/mol. The van der Waals surface area contributed by atoms with Crippen molar-refractivity contribution >= 4 is 29.1 Å². The second-order valence-electron chi connectivity index (χ2n) is 9.30. The SMILES string of the molecule is Cc1nc2ccccn2c1CC(=O)N1CCC[C@H](c2nc(N(C)C)ncc2-c2ccc(Cl)cc2)C1. The van der Waals surface area contributed by atoms with Crippen LogP contribution in [0.5, 0.6) is 0 Å². The van der Waals surface area contributed by atoms with Gasteiger partial charge in [0.15, 0.2) is 0 Å². The second-order valence-corrected chi connectivity index (χ2v) is 9.74. The molecule has 4 aromatic rings. The third kappa shape index (κ3) is 4.73. The number of nitrogens with zero attached hydrogens (tertiary/aromatic N) is 6. The van der Waals surface area contributed by atoms with Gasteiger partial charge in [0.1, 0.15) is 5.65 Å². The third-order valence-corrected chi connectivity index (χ3v) is 6.92. The number of fused-ring (bicyclic) bond motifs is 1. The number of amides is 1. The molecule has 7 nitrogen and oxygen atoms in total. The molecule has 1 fully saturated rings. The van der Waals surface area contributed by atoms with E-state index in [4.69, 9.17) is 16.6 Å². The molecule has 8 heteroatoms. The summed E-state index contributed by atoms with van der Waals surface area (Å²) in [5, 5.41) is 0.693. The van der Waals surface area contributed by atoms with Crippen LogP contribution in [0.4, 0.5) is 5.95 Å². The van der Waals surface area contributed by atoms with E-state index in [2.05, 4.69) is 9.97 Å². The number of hydrogen-bond acceptors (Lipinski definition) is 5. The first-order valence-electron chi connectivity index (χ1n) is 11.9. The topological polar surface area (TPSA) is 66.6 Å². The van der Waals surface area contributed by atoms with E-state index in [1.165, 1.54) is 0 Å². The highest BCUT2D eigenvalue weighted by molar-refractivity contribution is 6.30. The van der Waals surface area contributed by atoms with Gasteiger partial charge < -0.3 is 14.2 Å². The lowest BCUT2D eigenvalue weighted by atomic mass is 9.89. The highest BCUT2D eigenvalue weighted by Gasteiger charge is 2.29. The summed E-state index contributed by atoms with van der Waals surface area (Å²) in [4.78, 5) is 31.5. The Morgan fingerprint density at radius 1 is 1.14 bits per heavy atom. The second kappa shape index (κ2) is 9.66. The molecule has 1 atom stereocenters. The number of aryl methyl sites for hydroxylation is 1. The molecule has 3 aromatic heterocycles. The lowest BCUT2D eigenvalue weighted by molar-refractivity contribution is -0.131. The van der Waals surface area contributed by atoms with Crippen LogP contribution in [0.25, 0.3) is 16.8 Å². The van der Waals surface area contributed by atoms with Crippen LogP contribution in [0.15, 0.2) is 54.9 Å². The maximum Gasteiger partial charge on any atom is 0.228 e. The lowest BCUT2D eigenvalue weighted by Crippen LogP contribution is -2.40. The molecule has 0 radical (unpaired) electrons. The number of imidazole rings is 1. The van der Waals surface area contributed by atoms with Crippen molar-refractivity contribution in [2.75, 3.05) is 32.1 Å². The predicted octanol–water partition coefficient (Wildman–Crippen LogP) is 4.77. The zero-order valence-electron chi connectivity index (χ0n) is 20.3. The fourth-order valence-corrected chi connectivity index (χ4v) is 4.95. The maximum absolute atomic E-state index is 13.4. The molecular formula is C27H29ClN6O. The van der Waals surface area contributed by atoms with Gasteiger partial charge in [0.2, 0.25) is 11.9 Å². The van der Waals surface area contributed by atoms with Crippen molar-refractivity contribution in [1.82, 2.24) is 24.3 Å². The number of rotatable bonds is 5. The molecule has 0 bridgehead atoms. The fourth-order valence-electron chi connectivity index (χ4n) is 4.82. The number of carbonyl (C=O) groups excluding carboxylic acids is 1. The minimum absolute atomic E-state index is 0.124. The minimum Gasteiger partial charge on any atom is -0.347 e.